The number of aryl methyl sites for hydroxylation is 3. The van der Waals surface area contributed by atoms with Crippen molar-refractivity contribution in [2.45, 2.75) is 106 Å². The van der Waals surface area contributed by atoms with Gasteiger partial charge < -0.3 is 5.11 Å². The molecule has 2 nitrogen and oxygen atoms in total. The van der Waals surface area contributed by atoms with Crippen molar-refractivity contribution < 1.29 is 9.90 Å². The molecule has 0 aliphatic carbocycles. The number of aliphatic carboxylic acids is 1. The van der Waals surface area contributed by atoms with Crippen LogP contribution >= 0.6 is 0 Å². The van der Waals surface area contributed by atoms with Gasteiger partial charge in [-0.3, -0.25) is 4.79 Å². The van der Waals surface area contributed by atoms with Gasteiger partial charge in [0.25, 0.3) is 0 Å². The number of carboxylic acids is 1. The topological polar surface area (TPSA) is 37.3 Å². The van der Waals surface area contributed by atoms with Crippen molar-refractivity contribution in [3.63, 3.8) is 0 Å². The Morgan fingerprint density at radius 1 is 0.852 bits per heavy atom. The Labute approximate surface area is 167 Å². The van der Waals surface area contributed by atoms with E-state index in [0.717, 1.165) is 32.1 Å². The van der Waals surface area contributed by atoms with E-state index in [1.54, 1.807) is 0 Å². The van der Waals surface area contributed by atoms with E-state index in [4.69, 9.17) is 0 Å². The highest BCUT2D eigenvalue weighted by Gasteiger charge is 2.25. The zero-order valence-corrected chi connectivity index (χ0v) is 18.9. The van der Waals surface area contributed by atoms with Crippen molar-refractivity contribution in [3.05, 3.63) is 34.4 Å². The molecule has 1 N–H and O–H groups in total. The van der Waals surface area contributed by atoms with Crippen LogP contribution in [0.3, 0.4) is 0 Å². The SMILES string of the molecule is Cc1cc(C)c(CCCCCC(C)(C)C(=O)O)c(CCCCC(C)(C)C)c1. The number of unbranched alkanes of at least 4 members (excludes halogenated alkanes) is 3. The van der Waals surface area contributed by atoms with E-state index in [9.17, 15) is 9.90 Å². The Kier molecular flexibility index (Phi) is 9.05. The summed E-state index contributed by atoms with van der Waals surface area (Å²) >= 11 is 0. The number of hydrogen-bond donors (Lipinski definition) is 1. The first-order chi connectivity index (χ1) is 12.4. The van der Waals surface area contributed by atoms with E-state index in [1.807, 2.05) is 13.8 Å². The van der Waals surface area contributed by atoms with E-state index < -0.39 is 11.4 Å². The van der Waals surface area contributed by atoms with Crippen molar-refractivity contribution in [2.24, 2.45) is 10.8 Å². The molecule has 0 unspecified atom stereocenters. The highest BCUT2D eigenvalue weighted by molar-refractivity contribution is 5.73. The van der Waals surface area contributed by atoms with Gasteiger partial charge in [0.2, 0.25) is 0 Å². The maximum absolute atomic E-state index is 11.2. The molecule has 0 bridgehead atoms. The minimum absolute atomic E-state index is 0.426. The molecule has 2 heteroatoms. The summed E-state index contributed by atoms with van der Waals surface area (Å²) < 4.78 is 0. The van der Waals surface area contributed by atoms with Crippen molar-refractivity contribution in [2.75, 3.05) is 0 Å². The van der Waals surface area contributed by atoms with Gasteiger partial charge in [-0.1, -0.05) is 57.7 Å². The molecule has 0 aliphatic rings. The normalized spacial score (nSPS) is 12.4. The van der Waals surface area contributed by atoms with E-state index in [0.29, 0.717) is 5.41 Å². The summed E-state index contributed by atoms with van der Waals surface area (Å²) in [5.41, 5.74) is 5.69. The second kappa shape index (κ2) is 10.3. The number of carbonyl (C=O) groups is 1. The molecule has 1 aromatic rings. The van der Waals surface area contributed by atoms with Crippen LogP contribution in [0.5, 0.6) is 0 Å². The molecular formula is C25H42O2. The molecule has 0 saturated heterocycles. The monoisotopic (exact) mass is 374 g/mol. The maximum Gasteiger partial charge on any atom is 0.309 e. The third kappa shape index (κ3) is 8.95. The molecule has 0 aromatic heterocycles. The number of carboxylic acid groups (broad SMARTS) is 1. The van der Waals surface area contributed by atoms with Gasteiger partial charge in [0, 0.05) is 0 Å². The maximum atomic E-state index is 11.2. The van der Waals surface area contributed by atoms with Crippen LogP contribution in [0, 0.1) is 24.7 Å². The highest BCUT2D eigenvalue weighted by Crippen LogP contribution is 2.27. The van der Waals surface area contributed by atoms with Gasteiger partial charge in [0.05, 0.1) is 5.41 Å². The smallest absolute Gasteiger partial charge is 0.309 e. The van der Waals surface area contributed by atoms with Crippen LogP contribution in [0.25, 0.3) is 0 Å². The second-order valence-electron chi connectivity index (χ2n) is 10.2. The third-order valence-corrected chi connectivity index (χ3v) is 5.64. The van der Waals surface area contributed by atoms with Crippen LogP contribution in [0.15, 0.2) is 12.1 Å². The molecule has 0 fully saturated rings. The van der Waals surface area contributed by atoms with Gasteiger partial charge in [0.1, 0.15) is 0 Å². The van der Waals surface area contributed by atoms with Gasteiger partial charge in [-0.25, -0.2) is 0 Å². The Balaban J connectivity index is 2.57. The first-order valence-electron chi connectivity index (χ1n) is 10.7. The van der Waals surface area contributed by atoms with E-state index in [-0.39, 0.29) is 0 Å². The summed E-state index contributed by atoms with van der Waals surface area (Å²) in [6, 6.07) is 4.69. The zero-order chi connectivity index (χ0) is 20.7. The quantitative estimate of drug-likeness (QED) is 0.413. The lowest BCUT2D eigenvalue weighted by Crippen LogP contribution is -2.23. The van der Waals surface area contributed by atoms with Crippen LogP contribution in [0.4, 0.5) is 0 Å². The molecule has 154 valence electrons. The van der Waals surface area contributed by atoms with Crippen molar-refractivity contribution in [3.8, 4) is 0 Å². The minimum Gasteiger partial charge on any atom is -0.481 e. The average molecular weight is 375 g/mol. The lowest BCUT2D eigenvalue weighted by atomic mass is 9.86. The molecule has 0 aliphatic heterocycles. The Morgan fingerprint density at radius 2 is 1.44 bits per heavy atom. The molecular weight excluding hydrogens is 332 g/mol. The fourth-order valence-electron chi connectivity index (χ4n) is 3.79. The van der Waals surface area contributed by atoms with Gasteiger partial charge in [-0.2, -0.15) is 0 Å². The molecule has 0 radical (unpaired) electrons. The molecule has 1 aromatic carbocycles. The highest BCUT2D eigenvalue weighted by atomic mass is 16.4. The summed E-state index contributed by atoms with van der Waals surface area (Å²) in [5.74, 6) is -0.686. The average Bonchev–Trinajstić information content (AvgIpc) is 2.52. The van der Waals surface area contributed by atoms with Crippen LogP contribution in [-0.2, 0) is 17.6 Å². The lowest BCUT2D eigenvalue weighted by molar-refractivity contribution is -0.147. The summed E-state index contributed by atoms with van der Waals surface area (Å²) in [4.78, 5) is 11.2. The predicted octanol–water partition coefficient (Wildman–Crippen LogP) is 7.28. The molecule has 1 rings (SSSR count). The van der Waals surface area contributed by atoms with Gasteiger partial charge in [-0.05, 0) is 88.3 Å². The fraction of sp³-hybridized carbons (Fsp3) is 0.720. The first-order valence-corrected chi connectivity index (χ1v) is 10.7. The van der Waals surface area contributed by atoms with Crippen molar-refractivity contribution >= 4 is 5.97 Å². The Hall–Kier alpha value is -1.31. The van der Waals surface area contributed by atoms with E-state index in [2.05, 4.69) is 46.8 Å². The van der Waals surface area contributed by atoms with E-state index in [1.165, 1.54) is 47.9 Å². The van der Waals surface area contributed by atoms with Gasteiger partial charge >= 0.3 is 5.97 Å². The molecule has 27 heavy (non-hydrogen) atoms. The summed E-state index contributed by atoms with van der Waals surface area (Å²) in [6.07, 6.45) is 10.1. The van der Waals surface area contributed by atoms with Crippen LogP contribution in [-0.4, -0.2) is 11.1 Å². The summed E-state index contributed by atoms with van der Waals surface area (Å²) in [6.45, 7) is 15.1. The second-order valence-corrected chi connectivity index (χ2v) is 10.2. The molecule has 0 atom stereocenters. The summed E-state index contributed by atoms with van der Waals surface area (Å²) in [5, 5.41) is 9.23. The zero-order valence-electron chi connectivity index (χ0n) is 18.9. The van der Waals surface area contributed by atoms with Crippen molar-refractivity contribution in [1.82, 2.24) is 0 Å². The predicted molar refractivity (Wildman–Crippen MR) is 117 cm³/mol. The first kappa shape index (κ1) is 23.7. The molecule has 0 spiro atoms. The third-order valence-electron chi connectivity index (χ3n) is 5.64. The number of benzene rings is 1. The fourth-order valence-corrected chi connectivity index (χ4v) is 3.79. The van der Waals surface area contributed by atoms with Crippen LogP contribution < -0.4 is 0 Å². The van der Waals surface area contributed by atoms with Gasteiger partial charge in [-0.15, -0.1) is 0 Å². The minimum atomic E-state index is -0.686. The lowest BCUT2D eigenvalue weighted by Gasteiger charge is -2.19. The number of rotatable bonds is 11. The largest absolute Gasteiger partial charge is 0.481 e. The molecule has 0 saturated carbocycles. The Bertz CT molecular complexity index is 605. The Morgan fingerprint density at radius 3 is 2.04 bits per heavy atom. The van der Waals surface area contributed by atoms with Crippen molar-refractivity contribution in [1.29, 1.82) is 0 Å². The van der Waals surface area contributed by atoms with Crippen LogP contribution in [0.2, 0.25) is 0 Å². The standard InChI is InChI=1S/C25H42O2/c1-19-17-20(2)22(14-9-8-11-16-25(6,7)23(26)27)21(18-19)13-10-12-15-24(3,4)5/h17-18H,8-16H2,1-7H3,(H,26,27). The van der Waals surface area contributed by atoms with Gasteiger partial charge in [0.15, 0.2) is 0 Å². The molecule has 0 amide bonds. The molecule has 0 heterocycles. The van der Waals surface area contributed by atoms with E-state index >= 15 is 0 Å². The van der Waals surface area contributed by atoms with Crippen LogP contribution in [0.1, 0.15) is 102 Å². The number of hydrogen-bond acceptors (Lipinski definition) is 1. The summed E-state index contributed by atoms with van der Waals surface area (Å²) in [7, 11) is 0.